The van der Waals surface area contributed by atoms with Crippen LogP contribution in [0, 0.1) is 5.41 Å². The molecule has 1 heteroatoms. The molecule has 0 aromatic rings. The van der Waals surface area contributed by atoms with Crippen LogP contribution in [0.4, 0.5) is 0 Å². The minimum Gasteiger partial charge on any atom is -0.345 e. The van der Waals surface area contributed by atoms with Crippen molar-refractivity contribution in [2.75, 3.05) is 7.05 Å². The fourth-order valence-electron chi connectivity index (χ4n) is 1.84. The first-order valence-corrected chi connectivity index (χ1v) is 6.95. The number of allylic oxidation sites excluding steroid dienone is 11. The second-order valence-electron chi connectivity index (χ2n) is 5.38. The molecule has 1 nitrogen and oxygen atoms in total. The van der Waals surface area contributed by atoms with Crippen molar-refractivity contribution in [1.82, 2.24) is 4.90 Å². The molecule has 0 radical (unpaired) electrons. The highest BCUT2D eigenvalue weighted by Gasteiger charge is 2.12. The van der Waals surface area contributed by atoms with Gasteiger partial charge in [0.2, 0.25) is 0 Å². The number of nitrogens with zero attached hydrogens (tertiary/aromatic N) is 1. The van der Waals surface area contributed by atoms with E-state index in [2.05, 4.69) is 68.8 Å². The minimum atomic E-state index is 0.0994. The summed E-state index contributed by atoms with van der Waals surface area (Å²) in [7, 11) is 2.07. The van der Waals surface area contributed by atoms with E-state index in [1.54, 1.807) is 0 Å². The molecule has 0 amide bonds. The molecule has 0 N–H and O–H groups in total. The van der Waals surface area contributed by atoms with Crippen molar-refractivity contribution in [3.05, 3.63) is 84.8 Å². The molecule has 1 aliphatic rings. The maximum Gasteiger partial charge on any atom is 0.0407 e. The Labute approximate surface area is 123 Å². The van der Waals surface area contributed by atoms with Crippen molar-refractivity contribution in [1.29, 1.82) is 0 Å². The number of likely N-dealkylation sites (N-methyl/N-ethyl adjacent to an activating group) is 1. The van der Waals surface area contributed by atoms with Crippen molar-refractivity contribution in [3.63, 3.8) is 0 Å². The van der Waals surface area contributed by atoms with Gasteiger partial charge >= 0.3 is 0 Å². The van der Waals surface area contributed by atoms with Crippen molar-refractivity contribution < 1.29 is 0 Å². The molecule has 0 fully saturated rings. The zero-order chi connectivity index (χ0) is 15.0. The Balaban J connectivity index is 2.99. The van der Waals surface area contributed by atoms with Crippen molar-refractivity contribution in [3.8, 4) is 0 Å². The molecular formula is C19H25N. The summed E-state index contributed by atoms with van der Waals surface area (Å²) in [6, 6.07) is 0. The van der Waals surface area contributed by atoms with E-state index >= 15 is 0 Å². The minimum absolute atomic E-state index is 0.0994. The van der Waals surface area contributed by atoms with Gasteiger partial charge in [-0.25, -0.2) is 0 Å². The first-order valence-electron chi connectivity index (χ1n) is 6.95. The third-order valence-corrected chi connectivity index (χ3v) is 3.11. The average Bonchev–Trinajstić information content (AvgIpc) is 2.58. The van der Waals surface area contributed by atoms with E-state index in [0.717, 1.165) is 11.4 Å². The zero-order valence-electron chi connectivity index (χ0n) is 13.0. The lowest BCUT2D eigenvalue weighted by Crippen LogP contribution is -2.14. The largest absolute Gasteiger partial charge is 0.345 e. The molecule has 0 unspecified atom stereocenters. The van der Waals surface area contributed by atoms with Gasteiger partial charge in [-0.15, -0.1) is 0 Å². The van der Waals surface area contributed by atoms with E-state index in [4.69, 9.17) is 0 Å². The quantitative estimate of drug-likeness (QED) is 0.622. The molecule has 20 heavy (non-hydrogen) atoms. The van der Waals surface area contributed by atoms with Crippen LogP contribution in [-0.4, -0.2) is 11.9 Å². The molecule has 106 valence electrons. The van der Waals surface area contributed by atoms with E-state index < -0.39 is 0 Å². The SMILES string of the molecule is C=C\C=C(/C=C\C=C\C)N(C)C1=CC=CC(C)(C)C=C1. The Kier molecular flexibility index (Phi) is 6.05. The van der Waals surface area contributed by atoms with Crippen LogP contribution < -0.4 is 0 Å². The van der Waals surface area contributed by atoms with Gasteiger partial charge in [-0.1, -0.05) is 63.0 Å². The molecule has 0 aromatic heterocycles. The smallest absolute Gasteiger partial charge is 0.0407 e. The van der Waals surface area contributed by atoms with Gasteiger partial charge in [-0.3, -0.25) is 0 Å². The third kappa shape index (κ3) is 4.93. The molecule has 0 bridgehead atoms. The Bertz CT molecular complexity index is 508. The van der Waals surface area contributed by atoms with Gasteiger partial charge < -0.3 is 4.90 Å². The Hall–Kier alpha value is -2.02. The van der Waals surface area contributed by atoms with Gasteiger partial charge in [0.25, 0.3) is 0 Å². The zero-order valence-corrected chi connectivity index (χ0v) is 13.0. The monoisotopic (exact) mass is 267 g/mol. The van der Waals surface area contributed by atoms with Gasteiger partial charge in [-0.2, -0.15) is 0 Å². The second kappa shape index (κ2) is 7.54. The van der Waals surface area contributed by atoms with Crippen LogP contribution in [-0.2, 0) is 0 Å². The lowest BCUT2D eigenvalue weighted by molar-refractivity contribution is 0.551. The second-order valence-corrected chi connectivity index (χ2v) is 5.38. The van der Waals surface area contributed by atoms with E-state index in [-0.39, 0.29) is 5.41 Å². The molecule has 1 aliphatic carbocycles. The summed E-state index contributed by atoms with van der Waals surface area (Å²) in [6.07, 6.45) is 22.8. The molecule has 0 spiro atoms. The van der Waals surface area contributed by atoms with Crippen LogP contribution in [0.2, 0.25) is 0 Å². The maximum atomic E-state index is 3.79. The number of hydrogen-bond donors (Lipinski definition) is 0. The molecule has 0 aliphatic heterocycles. The summed E-state index contributed by atoms with van der Waals surface area (Å²) in [5.41, 5.74) is 2.36. The molecule has 1 rings (SSSR count). The average molecular weight is 267 g/mol. The first kappa shape index (κ1) is 16.0. The standard InChI is InChI=1S/C19H25N/c1-6-8-9-12-17(11-7-2)20(5)18-13-10-15-19(3,4)16-14-18/h6-16H,2H2,1,3-5H3/b8-6+,12-9-,17-11+. The van der Waals surface area contributed by atoms with Crippen molar-refractivity contribution in [2.45, 2.75) is 20.8 Å². The van der Waals surface area contributed by atoms with Gasteiger partial charge in [0, 0.05) is 23.9 Å². The molecule has 0 saturated carbocycles. The van der Waals surface area contributed by atoms with E-state index in [1.807, 2.05) is 37.3 Å². The summed E-state index contributed by atoms with van der Waals surface area (Å²) >= 11 is 0. The highest BCUT2D eigenvalue weighted by molar-refractivity contribution is 5.36. The first-order chi connectivity index (χ1) is 9.50. The van der Waals surface area contributed by atoms with Gasteiger partial charge in [0.15, 0.2) is 0 Å². The molecular weight excluding hydrogens is 242 g/mol. The predicted molar refractivity (Wildman–Crippen MR) is 90.1 cm³/mol. The summed E-state index contributed by atoms with van der Waals surface area (Å²) < 4.78 is 0. The van der Waals surface area contributed by atoms with Crippen molar-refractivity contribution in [2.24, 2.45) is 5.41 Å². The van der Waals surface area contributed by atoms with Crippen LogP contribution in [0.25, 0.3) is 0 Å². The number of rotatable bonds is 5. The van der Waals surface area contributed by atoms with Gasteiger partial charge in [-0.05, 0) is 31.2 Å². The lowest BCUT2D eigenvalue weighted by Gasteiger charge is -2.21. The van der Waals surface area contributed by atoms with Crippen LogP contribution in [0.1, 0.15) is 20.8 Å². The van der Waals surface area contributed by atoms with E-state index in [0.29, 0.717) is 0 Å². The van der Waals surface area contributed by atoms with Gasteiger partial charge in [0.05, 0.1) is 0 Å². The number of hydrogen-bond acceptors (Lipinski definition) is 1. The fraction of sp³-hybridized carbons (Fsp3) is 0.263. The van der Waals surface area contributed by atoms with E-state index in [1.165, 1.54) is 0 Å². The van der Waals surface area contributed by atoms with Crippen LogP contribution in [0.3, 0.4) is 0 Å². The summed E-state index contributed by atoms with van der Waals surface area (Å²) in [5.74, 6) is 0. The molecule has 0 aromatic carbocycles. The molecule has 0 heterocycles. The Morgan fingerprint density at radius 2 is 2.00 bits per heavy atom. The maximum absolute atomic E-state index is 3.79. The Morgan fingerprint density at radius 3 is 2.65 bits per heavy atom. The highest BCUT2D eigenvalue weighted by Crippen LogP contribution is 2.24. The molecule has 0 saturated heterocycles. The highest BCUT2D eigenvalue weighted by atomic mass is 15.1. The normalized spacial score (nSPS) is 18.4. The van der Waals surface area contributed by atoms with Crippen LogP contribution in [0.5, 0.6) is 0 Å². The summed E-state index contributed by atoms with van der Waals surface area (Å²) in [4.78, 5) is 2.16. The topological polar surface area (TPSA) is 3.24 Å². The summed E-state index contributed by atoms with van der Waals surface area (Å²) in [5, 5.41) is 0. The van der Waals surface area contributed by atoms with Gasteiger partial charge in [0.1, 0.15) is 0 Å². The van der Waals surface area contributed by atoms with Crippen LogP contribution >= 0.6 is 0 Å². The van der Waals surface area contributed by atoms with E-state index in [9.17, 15) is 0 Å². The lowest BCUT2D eigenvalue weighted by atomic mass is 9.93. The molecule has 0 atom stereocenters. The predicted octanol–water partition coefficient (Wildman–Crippen LogP) is 5.16. The third-order valence-electron chi connectivity index (χ3n) is 3.11. The summed E-state index contributed by atoms with van der Waals surface area (Å²) in [6.45, 7) is 10.2. The Morgan fingerprint density at radius 1 is 1.25 bits per heavy atom. The van der Waals surface area contributed by atoms with Crippen LogP contribution in [0.15, 0.2) is 84.8 Å². The fourth-order valence-corrected chi connectivity index (χ4v) is 1.84. The van der Waals surface area contributed by atoms with Crippen molar-refractivity contribution >= 4 is 0 Å².